The Labute approximate surface area is 131 Å². The van der Waals surface area contributed by atoms with E-state index in [9.17, 15) is 4.39 Å². The van der Waals surface area contributed by atoms with Crippen molar-refractivity contribution in [2.75, 3.05) is 5.32 Å². The van der Waals surface area contributed by atoms with E-state index >= 15 is 0 Å². The normalized spacial score (nSPS) is 10.8. The molecule has 1 heterocycles. The molecule has 0 aliphatic heterocycles. The zero-order valence-corrected chi connectivity index (χ0v) is 13.7. The third-order valence-electron chi connectivity index (χ3n) is 3.02. The second-order valence-electron chi connectivity index (χ2n) is 4.39. The minimum Gasteiger partial charge on any atom is -0.379 e. The Hall–Kier alpha value is -1.07. The molecule has 0 spiro atoms. The highest BCUT2D eigenvalue weighted by Gasteiger charge is 2.13. The first-order valence-corrected chi connectivity index (χ1v) is 7.66. The molecular formula is C14H16BrClFN3. The number of anilines is 1. The monoisotopic (exact) mass is 359 g/mol. The number of hydrogen-bond donors (Lipinski definition) is 1. The van der Waals surface area contributed by atoms with Crippen LogP contribution in [0.15, 0.2) is 22.7 Å². The Morgan fingerprint density at radius 2 is 2.10 bits per heavy atom. The van der Waals surface area contributed by atoms with Gasteiger partial charge in [0.25, 0.3) is 0 Å². The highest BCUT2D eigenvalue weighted by Crippen LogP contribution is 2.24. The van der Waals surface area contributed by atoms with Gasteiger partial charge in [0.1, 0.15) is 5.82 Å². The predicted octanol–water partition coefficient (Wildman–Crippen LogP) is 4.63. The first kappa shape index (κ1) is 15.3. The van der Waals surface area contributed by atoms with E-state index in [1.54, 1.807) is 6.07 Å². The van der Waals surface area contributed by atoms with Crippen LogP contribution < -0.4 is 5.32 Å². The fourth-order valence-corrected chi connectivity index (χ4v) is 2.95. The Bertz CT molecular complexity index is 592. The Morgan fingerprint density at radius 1 is 1.35 bits per heavy atom. The van der Waals surface area contributed by atoms with Crippen molar-refractivity contribution in [1.29, 1.82) is 0 Å². The summed E-state index contributed by atoms with van der Waals surface area (Å²) in [7, 11) is 0. The molecule has 2 aromatic rings. The predicted molar refractivity (Wildman–Crippen MR) is 83.7 cm³/mol. The molecule has 1 aromatic heterocycles. The molecule has 0 fully saturated rings. The van der Waals surface area contributed by atoms with E-state index in [1.165, 1.54) is 12.1 Å². The molecule has 0 unspecified atom stereocenters. The first-order valence-electron chi connectivity index (χ1n) is 6.49. The molecule has 2 rings (SSSR count). The summed E-state index contributed by atoms with van der Waals surface area (Å²) < 4.78 is 16.2. The quantitative estimate of drug-likeness (QED) is 0.842. The zero-order chi connectivity index (χ0) is 14.7. The van der Waals surface area contributed by atoms with Gasteiger partial charge in [-0.05, 0) is 47.5 Å². The van der Waals surface area contributed by atoms with Gasteiger partial charge in [0, 0.05) is 17.3 Å². The average molecular weight is 361 g/mol. The Kier molecular flexibility index (Phi) is 5.05. The van der Waals surface area contributed by atoms with Gasteiger partial charge in [0.2, 0.25) is 0 Å². The molecule has 6 heteroatoms. The molecule has 108 valence electrons. The van der Waals surface area contributed by atoms with Crippen LogP contribution in [0.3, 0.4) is 0 Å². The largest absolute Gasteiger partial charge is 0.379 e. The molecule has 3 nitrogen and oxygen atoms in total. The standard InChI is InChI=1S/C14H16BrClFN3/c1-3-12-14(15)13(20(4-2)19-12)8-18-11-6-9(16)5-10(17)7-11/h5-7,18H,3-4,8H2,1-2H3. The summed E-state index contributed by atoms with van der Waals surface area (Å²) in [5, 5.41) is 8.08. The number of nitrogens with zero attached hydrogens (tertiary/aromatic N) is 2. The maximum absolute atomic E-state index is 13.3. The van der Waals surface area contributed by atoms with Crippen molar-refractivity contribution in [3.05, 3.63) is 44.9 Å². The highest BCUT2D eigenvalue weighted by molar-refractivity contribution is 9.10. The number of hydrogen-bond acceptors (Lipinski definition) is 2. The van der Waals surface area contributed by atoms with E-state index in [4.69, 9.17) is 11.6 Å². The van der Waals surface area contributed by atoms with Crippen LogP contribution >= 0.6 is 27.5 Å². The van der Waals surface area contributed by atoms with Crippen molar-refractivity contribution in [2.45, 2.75) is 33.4 Å². The lowest BCUT2D eigenvalue weighted by atomic mass is 10.2. The number of aryl methyl sites for hydroxylation is 2. The summed E-state index contributed by atoms with van der Waals surface area (Å²) in [6, 6.07) is 4.41. The van der Waals surface area contributed by atoms with Crippen LogP contribution in [0.25, 0.3) is 0 Å². The minimum absolute atomic E-state index is 0.350. The van der Waals surface area contributed by atoms with E-state index < -0.39 is 0 Å². The summed E-state index contributed by atoms with van der Waals surface area (Å²) in [6.07, 6.45) is 0.867. The number of halogens is 3. The highest BCUT2D eigenvalue weighted by atomic mass is 79.9. The minimum atomic E-state index is -0.350. The van der Waals surface area contributed by atoms with Crippen LogP contribution in [-0.4, -0.2) is 9.78 Å². The summed E-state index contributed by atoms with van der Waals surface area (Å²) in [6.45, 7) is 5.46. The van der Waals surface area contributed by atoms with Crippen LogP contribution in [0.4, 0.5) is 10.1 Å². The summed E-state index contributed by atoms with van der Waals surface area (Å²) in [4.78, 5) is 0. The summed E-state index contributed by atoms with van der Waals surface area (Å²) in [5.74, 6) is -0.350. The van der Waals surface area contributed by atoms with E-state index in [0.717, 1.165) is 28.8 Å². The van der Waals surface area contributed by atoms with Crippen molar-refractivity contribution in [2.24, 2.45) is 0 Å². The van der Waals surface area contributed by atoms with Gasteiger partial charge in [0.05, 0.1) is 22.4 Å². The molecule has 0 aliphatic carbocycles. The van der Waals surface area contributed by atoms with E-state index in [0.29, 0.717) is 17.3 Å². The number of nitrogens with one attached hydrogen (secondary N) is 1. The Balaban J connectivity index is 2.20. The Morgan fingerprint density at radius 3 is 2.70 bits per heavy atom. The van der Waals surface area contributed by atoms with Gasteiger partial charge in [-0.25, -0.2) is 4.39 Å². The fraction of sp³-hybridized carbons (Fsp3) is 0.357. The number of aromatic nitrogens is 2. The van der Waals surface area contributed by atoms with Crippen LogP contribution in [0.2, 0.25) is 5.02 Å². The van der Waals surface area contributed by atoms with Gasteiger partial charge in [-0.15, -0.1) is 0 Å². The zero-order valence-electron chi connectivity index (χ0n) is 11.4. The van der Waals surface area contributed by atoms with Crippen LogP contribution in [0.1, 0.15) is 25.2 Å². The molecular weight excluding hydrogens is 345 g/mol. The van der Waals surface area contributed by atoms with E-state index in [2.05, 4.69) is 33.3 Å². The van der Waals surface area contributed by atoms with Gasteiger partial charge >= 0.3 is 0 Å². The van der Waals surface area contributed by atoms with Crippen LogP contribution in [-0.2, 0) is 19.5 Å². The van der Waals surface area contributed by atoms with Crippen LogP contribution in [0, 0.1) is 5.82 Å². The lowest BCUT2D eigenvalue weighted by Crippen LogP contribution is -2.08. The lowest BCUT2D eigenvalue weighted by Gasteiger charge is -2.09. The summed E-state index contributed by atoms with van der Waals surface area (Å²) in [5.41, 5.74) is 2.73. The van der Waals surface area contributed by atoms with Crippen molar-refractivity contribution in [1.82, 2.24) is 9.78 Å². The molecule has 0 saturated heterocycles. The van der Waals surface area contributed by atoms with E-state index in [-0.39, 0.29) is 5.82 Å². The first-order chi connectivity index (χ1) is 9.55. The molecule has 0 saturated carbocycles. The van der Waals surface area contributed by atoms with Crippen molar-refractivity contribution >= 4 is 33.2 Å². The van der Waals surface area contributed by atoms with Gasteiger partial charge < -0.3 is 5.32 Å². The molecule has 0 atom stereocenters. The second kappa shape index (κ2) is 6.59. The van der Waals surface area contributed by atoms with Gasteiger partial charge in [0.15, 0.2) is 0 Å². The van der Waals surface area contributed by atoms with Gasteiger partial charge in [-0.2, -0.15) is 5.10 Å². The molecule has 1 aromatic carbocycles. The van der Waals surface area contributed by atoms with Crippen molar-refractivity contribution in [3.63, 3.8) is 0 Å². The van der Waals surface area contributed by atoms with Crippen molar-refractivity contribution < 1.29 is 4.39 Å². The number of benzene rings is 1. The third kappa shape index (κ3) is 3.33. The van der Waals surface area contributed by atoms with Crippen molar-refractivity contribution in [3.8, 4) is 0 Å². The molecule has 20 heavy (non-hydrogen) atoms. The molecule has 0 radical (unpaired) electrons. The smallest absolute Gasteiger partial charge is 0.126 e. The summed E-state index contributed by atoms with van der Waals surface area (Å²) >= 11 is 9.42. The lowest BCUT2D eigenvalue weighted by molar-refractivity contribution is 0.618. The second-order valence-corrected chi connectivity index (χ2v) is 5.62. The fourth-order valence-electron chi connectivity index (χ4n) is 2.03. The topological polar surface area (TPSA) is 29.9 Å². The van der Waals surface area contributed by atoms with Gasteiger partial charge in [-0.3, -0.25) is 4.68 Å². The maximum Gasteiger partial charge on any atom is 0.126 e. The molecule has 0 aliphatic rings. The molecule has 0 amide bonds. The average Bonchev–Trinajstić information content (AvgIpc) is 2.71. The third-order valence-corrected chi connectivity index (χ3v) is 4.15. The van der Waals surface area contributed by atoms with Crippen LogP contribution in [0.5, 0.6) is 0 Å². The van der Waals surface area contributed by atoms with E-state index in [1.807, 2.05) is 11.6 Å². The molecule has 1 N–H and O–H groups in total. The van der Waals surface area contributed by atoms with Gasteiger partial charge in [-0.1, -0.05) is 18.5 Å². The number of rotatable bonds is 5. The maximum atomic E-state index is 13.3. The SMILES string of the molecule is CCc1nn(CC)c(CNc2cc(F)cc(Cl)c2)c1Br. The molecule has 0 bridgehead atoms.